The molecule has 1 heterocycles. The van der Waals surface area contributed by atoms with Gasteiger partial charge in [0.25, 0.3) is 0 Å². The average Bonchev–Trinajstić information content (AvgIpc) is 2.97. The molecule has 2 N–H and O–H groups in total. The molecule has 5 nitrogen and oxygen atoms in total. The number of hydrogen-bond donors (Lipinski definition) is 1. The maximum atomic E-state index is 13.4. The van der Waals surface area contributed by atoms with Gasteiger partial charge in [-0.2, -0.15) is 0 Å². The highest BCUT2D eigenvalue weighted by molar-refractivity contribution is 5.64. The van der Waals surface area contributed by atoms with Gasteiger partial charge in [-0.05, 0) is 29.8 Å². The Morgan fingerprint density at radius 1 is 1.17 bits per heavy atom. The third kappa shape index (κ3) is 3.22. The number of methoxy groups -OCH3 is 1. The smallest absolute Gasteiger partial charge is 0.123 e. The summed E-state index contributed by atoms with van der Waals surface area (Å²) in [5.74, 6) is 0.466. The first kappa shape index (κ1) is 15.2. The van der Waals surface area contributed by atoms with Crippen molar-refractivity contribution >= 4 is 0 Å². The van der Waals surface area contributed by atoms with Crippen molar-refractivity contribution in [1.82, 2.24) is 15.0 Å². The normalized spacial score (nSPS) is 10.7. The quantitative estimate of drug-likeness (QED) is 0.786. The second-order valence-corrected chi connectivity index (χ2v) is 5.11. The SMILES string of the molecule is COc1cccc(-c2c(CN)nnn2Cc2cccc(F)c2)c1. The lowest BCUT2D eigenvalue weighted by molar-refractivity contribution is 0.415. The highest BCUT2D eigenvalue weighted by Gasteiger charge is 2.15. The molecular formula is C17H17FN4O. The van der Waals surface area contributed by atoms with Gasteiger partial charge >= 0.3 is 0 Å². The van der Waals surface area contributed by atoms with Crippen LogP contribution < -0.4 is 10.5 Å². The summed E-state index contributed by atoms with van der Waals surface area (Å²) < 4.78 is 20.4. The highest BCUT2D eigenvalue weighted by atomic mass is 19.1. The lowest BCUT2D eigenvalue weighted by Gasteiger charge is -2.09. The van der Waals surface area contributed by atoms with Gasteiger partial charge in [0, 0.05) is 12.1 Å². The van der Waals surface area contributed by atoms with Crippen LogP contribution in [0.15, 0.2) is 48.5 Å². The van der Waals surface area contributed by atoms with E-state index in [0.29, 0.717) is 12.2 Å². The number of benzene rings is 2. The average molecular weight is 312 g/mol. The molecule has 118 valence electrons. The first-order chi connectivity index (χ1) is 11.2. The van der Waals surface area contributed by atoms with Gasteiger partial charge in [0.15, 0.2) is 0 Å². The Labute approximate surface area is 133 Å². The highest BCUT2D eigenvalue weighted by Crippen LogP contribution is 2.26. The third-order valence-corrected chi connectivity index (χ3v) is 3.56. The number of ether oxygens (including phenoxy) is 1. The molecule has 0 radical (unpaired) electrons. The Bertz CT molecular complexity index is 816. The van der Waals surface area contributed by atoms with Gasteiger partial charge < -0.3 is 10.5 Å². The molecule has 1 aromatic heterocycles. The molecule has 0 atom stereocenters. The van der Waals surface area contributed by atoms with Crippen molar-refractivity contribution in [3.8, 4) is 17.0 Å². The molecular weight excluding hydrogens is 295 g/mol. The second-order valence-electron chi connectivity index (χ2n) is 5.11. The van der Waals surface area contributed by atoms with Gasteiger partial charge in [-0.1, -0.05) is 29.5 Å². The molecule has 0 fully saturated rings. The van der Waals surface area contributed by atoms with Crippen LogP contribution >= 0.6 is 0 Å². The molecule has 0 aliphatic heterocycles. The molecule has 23 heavy (non-hydrogen) atoms. The maximum Gasteiger partial charge on any atom is 0.123 e. The van der Waals surface area contributed by atoms with Crippen molar-refractivity contribution in [1.29, 1.82) is 0 Å². The summed E-state index contributed by atoms with van der Waals surface area (Å²) in [4.78, 5) is 0. The predicted molar refractivity (Wildman–Crippen MR) is 85.4 cm³/mol. The van der Waals surface area contributed by atoms with E-state index in [4.69, 9.17) is 10.5 Å². The van der Waals surface area contributed by atoms with E-state index in [1.165, 1.54) is 12.1 Å². The second kappa shape index (κ2) is 6.58. The molecule has 3 aromatic rings. The van der Waals surface area contributed by atoms with E-state index in [-0.39, 0.29) is 12.4 Å². The summed E-state index contributed by atoms with van der Waals surface area (Å²) in [6.45, 7) is 0.687. The Morgan fingerprint density at radius 2 is 2.00 bits per heavy atom. The molecule has 0 unspecified atom stereocenters. The van der Waals surface area contributed by atoms with Crippen LogP contribution in [0.1, 0.15) is 11.3 Å². The first-order valence-electron chi connectivity index (χ1n) is 7.22. The van der Waals surface area contributed by atoms with Crippen molar-refractivity contribution in [3.05, 3.63) is 65.6 Å². The Balaban J connectivity index is 2.03. The monoisotopic (exact) mass is 312 g/mol. The zero-order chi connectivity index (χ0) is 16.2. The van der Waals surface area contributed by atoms with Crippen LogP contribution in [-0.4, -0.2) is 22.1 Å². The van der Waals surface area contributed by atoms with Crippen LogP contribution in [0.4, 0.5) is 4.39 Å². The minimum atomic E-state index is -0.274. The summed E-state index contributed by atoms with van der Waals surface area (Å²) >= 11 is 0. The van der Waals surface area contributed by atoms with Crippen LogP contribution in [0, 0.1) is 5.82 Å². The Morgan fingerprint density at radius 3 is 2.74 bits per heavy atom. The van der Waals surface area contributed by atoms with Gasteiger partial charge in [-0.3, -0.25) is 0 Å². The lowest BCUT2D eigenvalue weighted by Crippen LogP contribution is -2.06. The summed E-state index contributed by atoms with van der Waals surface area (Å²) in [5, 5.41) is 8.31. The van der Waals surface area contributed by atoms with Crippen LogP contribution in [0.5, 0.6) is 5.75 Å². The van der Waals surface area contributed by atoms with Crippen LogP contribution in [0.25, 0.3) is 11.3 Å². The summed E-state index contributed by atoms with van der Waals surface area (Å²) in [6.07, 6.45) is 0. The molecule has 0 aliphatic carbocycles. The van der Waals surface area contributed by atoms with E-state index in [2.05, 4.69) is 10.3 Å². The summed E-state index contributed by atoms with van der Waals surface area (Å²) in [5.41, 5.74) is 9.00. The Kier molecular flexibility index (Phi) is 4.34. The number of halogens is 1. The molecule has 3 rings (SSSR count). The number of hydrogen-bond acceptors (Lipinski definition) is 4. The van der Waals surface area contributed by atoms with Gasteiger partial charge in [-0.15, -0.1) is 5.10 Å². The fourth-order valence-corrected chi connectivity index (χ4v) is 2.49. The molecule has 0 saturated carbocycles. The minimum Gasteiger partial charge on any atom is -0.497 e. The Hall–Kier alpha value is -2.73. The fourth-order valence-electron chi connectivity index (χ4n) is 2.49. The van der Waals surface area contributed by atoms with E-state index < -0.39 is 0 Å². The molecule has 2 aromatic carbocycles. The number of rotatable bonds is 5. The van der Waals surface area contributed by atoms with Crippen LogP contribution in [-0.2, 0) is 13.1 Å². The predicted octanol–water partition coefficient (Wildman–Crippen LogP) is 2.60. The van der Waals surface area contributed by atoms with Crippen molar-refractivity contribution < 1.29 is 9.13 Å². The summed E-state index contributed by atoms with van der Waals surface area (Å²) in [6, 6.07) is 14.0. The topological polar surface area (TPSA) is 66.0 Å². The number of nitrogens with zero attached hydrogens (tertiary/aromatic N) is 3. The molecule has 0 aliphatic rings. The van der Waals surface area contributed by atoms with Crippen LogP contribution in [0.2, 0.25) is 0 Å². The molecule has 0 spiro atoms. The molecule has 6 heteroatoms. The van der Waals surface area contributed by atoms with Crippen molar-refractivity contribution in [2.45, 2.75) is 13.1 Å². The zero-order valence-corrected chi connectivity index (χ0v) is 12.7. The number of aromatic nitrogens is 3. The van der Waals surface area contributed by atoms with Gasteiger partial charge in [0.05, 0.1) is 19.3 Å². The molecule has 0 bridgehead atoms. The van der Waals surface area contributed by atoms with Crippen molar-refractivity contribution in [2.75, 3.05) is 7.11 Å². The van der Waals surface area contributed by atoms with E-state index in [1.54, 1.807) is 17.9 Å². The van der Waals surface area contributed by atoms with Gasteiger partial charge in [-0.25, -0.2) is 9.07 Å². The van der Waals surface area contributed by atoms with Crippen molar-refractivity contribution in [3.63, 3.8) is 0 Å². The number of nitrogens with two attached hydrogens (primary N) is 1. The standard InChI is InChI=1S/C17H17FN4O/c1-23-15-7-3-5-13(9-15)17-16(10-19)20-21-22(17)11-12-4-2-6-14(18)8-12/h2-9H,10-11,19H2,1H3. The van der Waals surface area contributed by atoms with E-state index >= 15 is 0 Å². The minimum absolute atomic E-state index is 0.274. The maximum absolute atomic E-state index is 13.4. The summed E-state index contributed by atoms with van der Waals surface area (Å²) in [7, 11) is 1.62. The van der Waals surface area contributed by atoms with Gasteiger partial charge in [0.2, 0.25) is 0 Å². The lowest BCUT2D eigenvalue weighted by atomic mass is 10.1. The largest absolute Gasteiger partial charge is 0.497 e. The molecule has 0 saturated heterocycles. The van der Waals surface area contributed by atoms with E-state index in [0.717, 1.165) is 22.6 Å². The van der Waals surface area contributed by atoms with Crippen LogP contribution in [0.3, 0.4) is 0 Å². The molecule has 0 amide bonds. The fraction of sp³-hybridized carbons (Fsp3) is 0.176. The van der Waals surface area contributed by atoms with Crippen molar-refractivity contribution in [2.24, 2.45) is 5.73 Å². The van der Waals surface area contributed by atoms with E-state index in [9.17, 15) is 4.39 Å². The van der Waals surface area contributed by atoms with E-state index in [1.807, 2.05) is 30.3 Å². The van der Waals surface area contributed by atoms with Gasteiger partial charge in [0.1, 0.15) is 17.3 Å². The first-order valence-corrected chi connectivity index (χ1v) is 7.22. The zero-order valence-electron chi connectivity index (χ0n) is 12.7. The third-order valence-electron chi connectivity index (χ3n) is 3.56.